The first-order chi connectivity index (χ1) is 7.97. The van der Waals surface area contributed by atoms with Crippen LogP contribution in [0.4, 0.5) is 8.78 Å². The Kier molecular flexibility index (Phi) is 3.02. The fourth-order valence-electron chi connectivity index (χ4n) is 1.56. The Balaban J connectivity index is 2.47. The normalized spacial score (nSPS) is 10.6. The minimum atomic E-state index is -0.757. The van der Waals surface area contributed by atoms with E-state index in [1.165, 1.54) is 11.3 Å². The predicted molar refractivity (Wildman–Crippen MR) is 61.4 cm³/mol. The van der Waals surface area contributed by atoms with Crippen molar-refractivity contribution in [3.8, 4) is 0 Å². The number of carbonyl (C=O) groups is 1. The van der Waals surface area contributed by atoms with Gasteiger partial charge in [0.1, 0.15) is 11.6 Å². The summed E-state index contributed by atoms with van der Waals surface area (Å²) in [5, 5.41) is 0.753. The Morgan fingerprint density at radius 2 is 1.76 bits per heavy atom. The second kappa shape index (κ2) is 4.33. The summed E-state index contributed by atoms with van der Waals surface area (Å²) in [6.07, 6.45) is 0. The van der Waals surface area contributed by atoms with E-state index in [0.29, 0.717) is 10.6 Å². The number of aryl methyl sites for hydroxylation is 2. The minimum absolute atomic E-state index is 0.00856. The van der Waals surface area contributed by atoms with Gasteiger partial charge in [-0.1, -0.05) is 0 Å². The van der Waals surface area contributed by atoms with Crippen molar-refractivity contribution in [2.45, 2.75) is 13.8 Å². The molecule has 0 radical (unpaired) electrons. The molecule has 2 nitrogen and oxygen atoms in total. The average Bonchev–Trinajstić information content (AvgIpc) is 2.55. The van der Waals surface area contributed by atoms with Gasteiger partial charge in [0, 0.05) is 11.6 Å². The van der Waals surface area contributed by atoms with Gasteiger partial charge in [0.15, 0.2) is 0 Å². The lowest BCUT2D eigenvalue weighted by atomic mass is 10.1. The number of hydrogen-bond acceptors (Lipinski definition) is 3. The molecule has 0 atom stereocenters. The lowest BCUT2D eigenvalue weighted by Gasteiger charge is -2.00. The van der Waals surface area contributed by atoms with Gasteiger partial charge in [0.05, 0.1) is 15.6 Å². The number of halogens is 2. The van der Waals surface area contributed by atoms with Crippen LogP contribution < -0.4 is 0 Å². The largest absolute Gasteiger partial charge is 0.288 e. The maximum Gasteiger partial charge on any atom is 0.205 e. The molecule has 0 N–H and O–H groups in total. The summed E-state index contributed by atoms with van der Waals surface area (Å²) in [4.78, 5) is 16.6. The molecule has 2 aromatic rings. The number of ketones is 1. The van der Waals surface area contributed by atoms with E-state index in [9.17, 15) is 13.6 Å². The quantitative estimate of drug-likeness (QED) is 0.769. The monoisotopic (exact) mass is 253 g/mol. The molecule has 0 bridgehead atoms. The molecule has 0 spiro atoms. The van der Waals surface area contributed by atoms with E-state index >= 15 is 0 Å². The van der Waals surface area contributed by atoms with Gasteiger partial charge < -0.3 is 0 Å². The van der Waals surface area contributed by atoms with Crippen LogP contribution in [-0.4, -0.2) is 10.8 Å². The number of rotatable bonds is 2. The topological polar surface area (TPSA) is 30.0 Å². The van der Waals surface area contributed by atoms with Gasteiger partial charge in [-0.2, -0.15) is 0 Å². The first-order valence-electron chi connectivity index (χ1n) is 4.92. The maximum absolute atomic E-state index is 13.0. The van der Waals surface area contributed by atoms with E-state index in [2.05, 4.69) is 4.98 Å². The highest BCUT2D eigenvalue weighted by Crippen LogP contribution is 2.21. The smallest absolute Gasteiger partial charge is 0.205 e. The van der Waals surface area contributed by atoms with Crippen LogP contribution in [0.1, 0.15) is 25.9 Å². The zero-order valence-corrected chi connectivity index (χ0v) is 10.1. The zero-order chi connectivity index (χ0) is 12.6. The van der Waals surface area contributed by atoms with Crippen LogP contribution in [0.3, 0.4) is 0 Å². The van der Waals surface area contributed by atoms with Crippen LogP contribution in [-0.2, 0) is 0 Å². The number of thiazole rings is 1. The van der Waals surface area contributed by atoms with Crippen molar-refractivity contribution in [2.24, 2.45) is 0 Å². The molecule has 0 saturated heterocycles. The third kappa shape index (κ3) is 2.39. The van der Waals surface area contributed by atoms with Crippen LogP contribution in [0, 0.1) is 25.5 Å². The van der Waals surface area contributed by atoms with Gasteiger partial charge in [-0.25, -0.2) is 13.8 Å². The number of carbonyl (C=O) groups excluding carboxylic acids is 1. The maximum atomic E-state index is 13.0. The van der Waals surface area contributed by atoms with Crippen molar-refractivity contribution >= 4 is 17.1 Å². The van der Waals surface area contributed by atoms with Crippen LogP contribution in [0.15, 0.2) is 18.2 Å². The highest BCUT2D eigenvalue weighted by Gasteiger charge is 2.17. The van der Waals surface area contributed by atoms with Crippen molar-refractivity contribution in [1.29, 1.82) is 0 Å². The van der Waals surface area contributed by atoms with Crippen LogP contribution >= 0.6 is 11.3 Å². The average molecular weight is 253 g/mol. The van der Waals surface area contributed by atoms with E-state index in [-0.39, 0.29) is 5.56 Å². The minimum Gasteiger partial charge on any atom is -0.288 e. The Morgan fingerprint density at radius 3 is 2.24 bits per heavy atom. The van der Waals surface area contributed by atoms with Crippen LogP contribution in [0.5, 0.6) is 0 Å². The standard InChI is InChI=1S/C12H9F2NOS/c1-6-12(17-7(2)15-6)11(16)8-3-9(13)5-10(14)4-8/h3-5H,1-2H3. The molecule has 0 saturated carbocycles. The fraction of sp³-hybridized carbons (Fsp3) is 0.167. The van der Waals surface area contributed by atoms with Gasteiger partial charge in [0.2, 0.25) is 5.78 Å². The molecule has 17 heavy (non-hydrogen) atoms. The van der Waals surface area contributed by atoms with Crippen molar-refractivity contribution in [1.82, 2.24) is 4.98 Å². The Labute approximate surface area is 101 Å². The van der Waals surface area contributed by atoms with Crippen molar-refractivity contribution in [3.63, 3.8) is 0 Å². The number of hydrogen-bond donors (Lipinski definition) is 0. The van der Waals surface area contributed by atoms with E-state index < -0.39 is 17.4 Å². The molecule has 2 rings (SSSR count). The first-order valence-corrected chi connectivity index (χ1v) is 5.74. The SMILES string of the molecule is Cc1nc(C)c(C(=O)c2cc(F)cc(F)c2)s1. The molecular formula is C12H9F2NOS. The highest BCUT2D eigenvalue weighted by atomic mass is 32.1. The lowest BCUT2D eigenvalue weighted by Crippen LogP contribution is -2.02. The summed E-state index contributed by atoms with van der Waals surface area (Å²) in [5.41, 5.74) is 0.594. The molecular weight excluding hydrogens is 244 g/mol. The molecule has 1 heterocycles. The summed E-state index contributed by atoms with van der Waals surface area (Å²) >= 11 is 1.22. The number of aromatic nitrogens is 1. The molecule has 5 heteroatoms. The van der Waals surface area contributed by atoms with Crippen LogP contribution in [0.2, 0.25) is 0 Å². The zero-order valence-electron chi connectivity index (χ0n) is 9.25. The van der Waals surface area contributed by atoms with Gasteiger partial charge in [-0.05, 0) is 26.0 Å². The molecule has 0 aliphatic heterocycles. The molecule has 0 unspecified atom stereocenters. The Hall–Kier alpha value is -1.62. The fourth-order valence-corrected chi connectivity index (χ4v) is 2.44. The summed E-state index contributed by atoms with van der Waals surface area (Å²) in [5.74, 6) is -1.91. The van der Waals surface area contributed by atoms with E-state index in [0.717, 1.165) is 23.2 Å². The van der Waals surface area contributed by atoms with E-state index in [1.807, 2.05) is 0 Å². The summed E-state index contributed by atoms with van der Waals surface area (Å²) < 4.78 is 26.0. The molecule has 1 aromatic heterocycles. The van der Waals surface area contributed by atoms with Gasteiger partial charge in [-0.15, -0.1) is 11.3 Å². The second-order valence-corrected chi connectivity index (χ2v) is 4.84. The highest BCUT2D eigenvalue weighted by molar-refractivity contribution is 7.14. The summed E-state index contributed by atoms with van der Waals surface area (Å²) in [6.45, 7) is 3.48. The van der Waals surface area contributed by atoms with Gasteiger partial charge >= 0.3 is 0 Å². The first kappa shape index (κ1) is 11.9. The Morgan fingerprint density at radius 1 is 1.18 bits per heavy atom. The number of benzene rings is 1. The van der Waals surface area contributed by atoms with Crippen molar-refractivity contribution < 1.29 is 13.6 Å². The predicted octanol–water partition coefficient (Wildman–Crippen LogP) is 3.27. The van der Waals surface area contributed by atoms with Crippen molar-refractivity contribution in [3.05, 3.63) is 51.0 Å². The van der Waals surface area contributed by atoms with Crippen LogP contribution in [0.25, 0.3) is 0 Å². The third-order valence-corrected chi connectivity index (χ3v) is 3.31. The molecule has 0 aliphatic carbocycles. The van der Waals surface area contributed by atoms with Gasteiger partial charge in [-0.3, -0.25) is 4.79 Å². The number of nitrogens with zero attached hydrogens (tertiary/aromatic N) is 1. The molecule has 1 aromatic carbocycles. The third-order valence-electron chi connectivity index (χ3n) is 2.23. The molecule has 88 valence electrons. The van der Waals surface area contributed by atoms with E-state index in [4.69, 9.17) is 0 Å². The second-order valence-electron chi connectivity index (χ2n) is 3.63. The lowest BCUT2D eigenvalue weighted by molar-refractivity contribution is 0.104. The molecule has 0 aliphatic rings. The van der Waals surface area contributed by atoms with E-state index in [1.54, 1.807) is 13.8 Å². The summed E-state index contributed by atoms with van der Waals surface area (Å²) in [6, 6.07) is 2.79. The summed E-state index contributed by atoms with van der Waals surface area (Å²) in [7, 11) is 0. The molecule has 0 fully saturated rings. The molecule has 0 amide bonds. The van der Waals surface area contributed by atoms with Crippen molar-refractivity contribution in [2.75, 3.05) is 0 Å². The Bertz CT molecular complexity index is 572. The van der Waals surface area contributed by atoms with Gasteiger partial charge in [0.25, 0.3) is 0 Å².